The highest BCUT2D eigenvalue weighted by Crippen LogP contribution is 1.99. The first kappa shape index (κ1) is 13.8. The Labute approximate surface area is 91.0 Å². The highest BCUT2D eigenvalue weighted by Gasteiger charge is 2.00. The molecule has 0 spiro atoms. The molecule has 14 heavy (non-hydrogen) atoms. The van der Waals surface area contributed by atoms with Crippen molar-refractivity contribution in [3.8, 4) is 0 Å². The van der Waals surface area contributed by atoms with Gasteiger partial charge in [-0.3, -0.25) is 4.79 Å². The van der Waals surface area contributed by atoms with Crippen molar-refractivity contribution in [1.82, 2.24) is 5.32 Å². The van der Waals surface area contributed by atoms with Crippen LogP contribution in [0.2, 0.25) is 0 Å². The first-order valence-electron chi connectivity index (χ1n) is 5.25. The average Bonchev–Trinajstić information content (AvgIpc) is 2.17. The second kappa shape index (κ2) is 10.9. The zero-order valence-electron chi connectivity index (χ0n) is 9.17. The second-order valence-corrected chi connectivity index (χ2v) is 4.07. The predicted molar refractivity (Wildman–Crippen MR) is 61.7 cm³/mol. The average molecular weight is 219 g/mol. The van der Waals surface area contributed by atoms with Gasteiger partial charge in [0.2, 0.25) is 0 Å². The minimum Gasteiger partial charge on any atom is -0.465 e. The van der Waals surface area contributed by atoms with E-state index in [0.29, 0.717) is 12.4 Å². The normalized spacial score (nSPS) is 10.1. The largest absolute Gasteiger partial charge is 0.465 e. The molecule has 0 saturated heterocycles. The van der Waals surface area contributed by atoms with Gasteiger partial charge in [0.15, 0.2) is 0 Å². The molecule has 0 aromatic rings. The summed E-state index contributed by atoms with van der Waals surface area (Å²) in [6, 6.07) is 0. The maximum Gasteiger partial charge on any atom is 0.315 e. The summed E-state index contributed by atoms with van der Waals surface area (Å²) in [5, 5.41) is 3.32. The number of thioether (sulfide) groups is 1. The van der Waals surface area contributed by atoms with Gasteiger partial charge in [0.05, 0.1) is 12.4 Å². The molecule has 0 unspecified atom stereocenters. The summed E-state index contributed by atoms with van der Waals surface area (Å²) in [7, 11) is 0. The van der Waals surface area contributed by atoms with E-state index in [9.17, 15) is 4.79 Å². The van der Waals surface area contributed by atoms with Crippen LogP contribution in [0.3, 0.4) is 0 Å². The van der Waals surface area contributed by atoms with Crippen LogP contribution in [0.25, 0.3) is 0 Å². The fourth-order valence-corrected chi connectivity index (χ4v) is 1.61. The van der Waals surface area contributed by atoms with Crippen LogP contribution in [0.4, 0.5) is 0 Å². The van der Waals surface area contributed by atoms with E-state index in [-0.39, 0.29) is 5.97 Å². The Bertz CT molecular complexity index is 142. The van der Waals surface area contributed by atoms with Gasteiger partial charge >= 0.3 is 5.97 Å². The van der Waals surface area contributed by atoms with Gasteiger partial charge in [-0.15, -0.1) is 11.8 Å². The lowest BCUT2D eigenvalue weighted by Gasteiger charge is -2.03. The molecule has 0 saturated carbocycles. The molecular weight excluding hydrogens is 198 g/mol. The Morgan fingerprint density at radius 3 is 2.79 bits per heavy atom. The number of esters is 1. The Morgan fingerprint density at radius 1 is 1.36 bits per heavy atom. The number of hydrogen-bond donors (Lipinski definition) is 1. The van der Waals surface area contributed by atoms with Crippen LogP contribution in [0.1, 0.15) is 26.7 Å². The summed E-state index contributed by atoms with van der Waals surface area (Å²) in [4.78, 5) is 10.9. The quantitative estimate of drug-likeness (QED) is 0.473. The number of carbonyl (C=O) groups excluding carboxylic acids is 1. The van der Waals surface area contributed by atoms with Crippen LogP contribution in [0, 0.1) is 0 Å². The lowest BCUT2D eigenvalue weighted by Crippen LogP contribution is -2.19. The SMILES string of the molecule is CCCCNCCSCC(=O)OCC. The van der Waals surface area contributed by atoms with Crippen LogP contribution in [0.15, 0.2) is 0 Å². The van der Waals surface area contributed by atoms with E-state index in [0.717, 1.165) is 18.8 Å². The Morgan fingerprint density at radius 2 is 2.14 bits per heavy atom. The highest BCUT2D eigenvalue weighted by atomic mass is 32.2. The minimum absolute atomic E-state index is 0.106. The summed E-state index contributed by atoms with van der Waals surface area (Å²) in [6.45, 7) is 6.54. The maximum atomic E-state index is 10.9. The molecular formula is C10H21NO2S. The smallest absolute Gasteiger partial charge is 0.315 e. The van der Waals surface area contributed by atoms with Gasteiger partial charge in [0, 0.05) is 12.3 Å². The number of carbonyl (C=O) groups is 1. The van der Waals surface area contributed by atoms with E-state index < -0.39 is 0 Å². The van der Waals surface area contributed by atoms with E-state index in [2.05, 4.69) is 12.2 Å². The standard InChI is InChI=1S/C10H21NO2S/c1-3-5-6-11-7-8-14-9-10(12)13-4-2/h11H,3-9H2,1-2H3. The lowest BCUT2D eigenvalue weighted by molar-refractivity contribution is -0.139. The Kier molecular flexibility index (Phi) is 10.7. The third-order valence-corrected chi connectivity index (χ3v) is 2.59. The van der Waals surface area contributed by atoms with Crippen molar-refractivity contribution in [2.75, 3.05) is 31.2 Å². The van der Waals surface area contributed by atoms with Gasteiger partial charge < -0.3 is 10.1 Å². The number of nitrogens with one attached hydrogen (secondary N) is 1. The van der Waals surface area contributed by atoms with Crippen molar-refractivity contribution in [3.63, 3.8) is 0 Å². The van der Waals surface area contributed by atoms with Crippen LogP contribution < -0.4 is 5.32 Å². The van der Waals surface area contributed by atoms with Crippen molar-refractivity contribution in [1.29, 1.82) is 0 Å². The van der Waals surface area contributed by atoms with Crippen LogP contribution in [-0.2, 0) is 9.53 Å². The molecule has 0 fully saturated rings. The van der Waals surface area contributed by atoms with Gasteiger partial charge in [-0.1, -0.05) is 13.3 Å². The summed E-state index contributed by atoms with van der Waals surface area (Å²) >= 11 is 1.62. The molecule has 0 aromatic heterocycles. The first-order valence-corrected chi connectivity index (χ1v) is 6.40. The summed E-state index contributed by atoms with van der Waals surface area (Å²) < 4.78 is 4.81. The van der Waals surface area contributed by atoms with E-state index in [1.54, 1.807) is 11.8 Å². The molecule has 0 amide bonds. The molecule has 84 valence electrons. The zero-order chi connectivity index (χ0) is 10.6. The van der Waals surface area contributed by atoms with Gasteiger partial charge in [-0.25, -0.2) is 0 Å². The van der Waals surface area contributed by atoms with Crippen molar-refractivity contribution in [3.05, 3.63) is 0 Å². The zero-order valence-corrected chi connectivity index (χ0v) is 9.99. The summed E-state index contributed by atoms with van der Waals surface area (Å²) in [5.41, 5.74) is 0. The van der Waals surface area contributed by atoms with Crippen LogP contribution in [0.5, 0.6) is 0 Å². The molecule has 1 N–H and O–H groups in total. The molecule has 3 nitrogen and oxygen atoms in total. The molecule has 0 radical (unpaired) electrons. The number of unbranched alkanes of at least 4 members (excludes halogenated alkanes) is 1. The van der Waals surface area contributed by atoms with Crippen LogP contribution >= 0.6 is 11.8 Å². The van der Waals surface area contributed by atoms with Gasteiger partial charge in [-0.2, -0.15) is 0 Å². The number of rotatable bonds is 9. The van der Waals surface area contributed by atoms with Gasteiger partial charge in [-0.05, 0) is 19.9 Å². The van der Waals surface area contributed by atoms with Crippen molar-refractivity contribution >= 4 is 17.7 Å². The van der Waals surface area contributed by atoms with E-state index in [1.807, 2.05) is 6.92 Å². The molecule has 0 aliphatic heterocycles. The lowest BCUT2D eigenvalue weighted by atomic mass is 10.3. The molecule has 0 bridgehead atoms. The molecule has 4 heteroatoms. The molecule has 0 aliphatic rings. The molecule has 0 aliphatic carbocycles. The van der Waals surface area contributed by atoms with Crippen molar-refractivity contribution < 1.29 is 9.53 Å². The summed E-state index contributed by atoms with van der Waals surface area (Å²) in [6.07, 6.45) is 2.45. The molecule has 0 rings (SSSR count). The minimum atomic E-state index is -0.106. The molecule has 0 atom stereocenters. The maximum absolute atomic E-state index is 10.9. The Balaban J connectivity index is 3.01. The molecule has 0 aromatic carbocycles. The highest BCUT2D eigenvalue weighted by molar-refractivity contribution is 7.99. The number of ether oxygens (including phenoxy) is 1. The fraction of sp³-hybridized carbons (Fsp3) is 0.900. The van der Waals surface area contributed by atoms with Crippen molar-refractivity contribution in [2.24, 2.45) is 0 Å². The Hall–Kier alpha value is -0.220. The van der Waals surface area contributed by atoms with Crippen molar-refractivity contribution in [2.45, 2.75) is 26.7 Å². The monoisotopic (exact) mass is 219 g/mol. The third kappa shape index (κ3) is 9.86. The van der Waals surface area contributed by atoms with E-state index in [1.165, 1.54) is 12.8 Å². The van der Waals surface area contributed by atoms with E-state index in [4.69, 9.17) is 4.74 Å². The van der Waals surface area contributed by atoms with Crippen LogP contribution in [-0.4, -0.2) is 37.2 Å². The molecule has 0 heterocycles. The fourth-order valence-electron chi connectivity index (χ4n) is 0.929. The number of hydrogen-bond acceptors (Lipinski definition) is 4. The van der Waals surface area contributed by atoms with Gasteiger partial charge in [0.1, 0.15) is 0 Å². The summed E-state index contributed by atoms with van der Waals surface area (Å²) in [5.74, 6) is 1.34. The van der Waals surface area contributed by atoms with Gasteiger partial charge in [0.25, 0.3) is 0 Å². The van der Waals surface area contributed by atoms with E-state index >= 15 is 0 Å². The first-order chi connectivity index (χ1) is 6.81. The predicted octanol–water partition coefficient (Wildman–Crippen LogP) is 1.67. The second-order valence-electron chi connectivity index (χ2n) is 2.96. The third-order valence-electron chi connectivity index (χ3n) is 1.66. The topological polar surface area (TPSA) is 38.3 Å².